The smallest absolute Gasteiger partial charge is 0.230 e. The van der Waals surface area contributed by atoms with Crippen molar-refractivity contribution in [3.05, 3.63) is 103 Å². The van der Waals surface area contributed by atoms with E-state index in [1.807, 2.05) is 61.2 Å². The quantitative estimate of drug-likeness (QED) is 0.0772. The fourth-order valence-corrected chi connectivity index (χ4v) is 9.54. The van der Waals surface area contributed by atoms with Crippen molar-refractivity contribution < 1.29 is 29.3 Å². The normalized spacial score (nSPS) is 25.7. The summed E-state index contributed by atoms with van der Waals surface area (Å²) in [6.07, 6.45) is 10.2. The monoisotopic (exact) mass is 711 g/mol. The minimum Gasteiger partial charge on any atom is -0.460 e. The fourth-order valence-electron chi connectivity index (χ4n) is 8.37. The van der Waals surface area contributed by atoms with Crippen molar-refractivity contribution in [2.45, 2.75) is 75.7 Å². The van der Waals surface area contributed by atoms with E-state index in [2.05, 4.69) is 56.0 Å². The number of unbranched alkanes of at least 4 members (excludes halogenated alkanes) is 2. The fraction of sp³-hybridized carbons (Fsp3) is 0.465. The Bertz CT molecular complexity index is 1640. The van der Waals surface area contributed by atoms with E-state index in [1.165, 1.54) is 5.56 Å². The van der Waals surface area contributed by atoms with Gasteiger partial charge in [-0.05, 0) is 97.2 Å². The number of aliphatic hydroxyl groups excluding tert-OH is 2. The van der Waals surface area contributed by atoms with Gasteiger partial charge >= 0.3 is 0 Å². The van der Waals surface area contributed by atoms with Gasteiger partial charge in [0.25, 0.3) is 0 Å². The maximum absolute atomic E-state index is 9.83. The first-order valence-corrected chi connectivity index (χ1v) is 19.8. The largest absolute Gasteiger partial charge is 0.460 e. The van der Waals surface area contributed by atoms with Crippen molar-refractivity contribution in [1.82, 2.24) is 0 Å². The third-order valence-corrected chi connectivity index (χ3v) is 11.7. The highest BCUT2D eigenvalue weighted by atomic mass is 32.2. The van der Waals surface area contributed by atoms with Gasteiger partial charge < -0.3 is 29.3 Å². The highest BCUT2D eigenvalue weighted by Crippen LogP contribution is 2.62. The van der Waals surface area contributed by atoms with Crippen molar-refractivity contribution in [2.75, 3.05) is 32.2 Å². The molecular weight excluding hydrogens is 659 g/mol. The molecule has 51 heavy (non-hydrogen) atoms. The lowest BCUT2D eigenvalue weighted by Crippen LogP contribution is -2.64. The maximum atomic E-state index is 9.83. The number of benzene rings is 3. The van der Waals surface area contributed by atoms with Crippen molar-refractivity contribution in [3.8, 4) is 28.4 Å². The van der Waals surface area contributed by atoms with Crippen molar-refractivity contribution >= 4 is 17.5 Å². The number of nitrogens with zero attached hydrogens (tertiary/aromatic N) is 1. The molecule has 1 saturated carbocycles. The zero-order valence-corrected chi connectivity index (χ0v) is 30.9. The Kier molecular flexibility index (Phi) is 13.0. The van der Waals surface area contributed by atoms with Crippen LogP contribution in [0.1, 0.15) is 70.3 Å². The van der Waals surface area contributed by atoms with Crippen LogP contribution < -0.4 is 9.47 Å². The first-order valence-electron chi connectivity index (χ1n) is 18.7. The number of hydrogen-bond donors (Lipinski definition) is 2. The van der Waals surface area contributed by atoms with Crippen LogP contribution in [0.2, 0.25) is 0 Å². The van der Waals surface area contributed by atoms with Gasteiger partial charge in [-0.3, -0.25) is 0 Å². The third kappa shape index (κ3) is 8.10. The van der Waals surface area contributed by atoms with Crippen LogP contribution in [0, 0.1) is 17.8 Å². The molecular formula is C43H53NO6S. The second-order valence-corrected chi connectivity index (χ2v) is 15.1. The van der Waals surface area contributed by atoms with Crippen LogP contribution in [0.15, 0.2) is 102 Å². The van der Waals surface area contributed by atoms with Gasteiger partial charge in [0.2, 0.25) is 5.79 Å². The molecule has 0 spiro atoms. The number of ether oxygens (including phenoxy) is 3. The van der Waals surface area contributed by atoms with Crippen molar-refractivity contribution in [3.63, 3.8) is 0 Å². The van der Waals surface area contributed by atoms with Crippen molar-refractivity contribution in [2.24, 2.45) is 22.9 Å². The van der Waals surface area contributed by atoms with Gasteiger partial charge in [-0.15, -0.1) is 6.58 Å². The van der Waals surface area contributed by atoms with Crippen molar-refractivity contribution in [1.29, 1.82) is 0 Å². The Hall–Kier alpha value is -3.56. The molecule has 7 nitrogen and oxygen atoms in total. The Morgan fingerprint density at radius 1 is 0.922 bits per heavy atom. The van der Waals surface area contributed by atoms with Gasteiger partial charge in [0.15, 0.2) is 0 Å². The average molecular weight is 712 g/mol. The topological polar surface area (TPSA) is 89.7 Å². The lowest BCUT2D eigenvalue weighted by atomic mass is 9.56. The lowest BCUT2D eigenvalue weighted by Gasteiger charge is -2.58. The second-order valence-electron chi connectivity index (χ2n) is 13.6. The van der Waals surface area contributed by atoms with Crippen LogP contribution in [0.5, 0.6) is 17.2 Å². The molecule has 1 aliphatic heterocycles. The summed E-state index contributed by atoms with van der Waals surface area (Å²) < 4.78 is 20.7. The summed E-state index contributed by atoms with van der Waals surface area (Å²) in [5, 5.41) is 24.3. The number of oxime groups is 1. The summed E-state index contributed by atoms with van der Waals surface area (Å²) in [6.45, 7) is 9.35. The summed E-state index contributed by atoms with van der Waals surface area (Å²) in [5.41, 5.74) is 5.53. The lowest BCUT2D eigenvalue weighted by molar-refractivity contribution is -0.223. The minimum absolute atomic E-state index is 0.0254. The Morgan fingerprint density at radius 2 is 1.65 bits per heavy atom. The summed E-state index contributed by atoms with van der Waals surface area (Å²) in [6, 6.07) is 24.8. The van der Waals surface area contributed by atoms with E-state index >= 15 is 0 Å². The predicted octanol–water partition coefficient (Wildman–Crippen LogP) is 9.55. The van der Waals surface area contributed by atoms with Gasteiger partial charge in [0.05, 0.1) is 23.5 Å². The summed E-state index contributed by atoms with van der Waals surface area (Å²) in [7, 11) is 0. The minimum atomic E-state index is -0.940. The van der Waals surface area contributed by atoms with E-state index in [1.54, 1.807) is 0 Å². The zero-order valence-electron chi connectivity index (χ0n) is 30.0. The van der Waals surface area contributed by atoms with Gasteiger partial charge in [0.1, 0.15) is 23.9 Å². The molecule has 0 amide bonds. The first kappa shape index (κ1) is 37.2. The Balaban J connectivity index is 1.47. The highest BCUT2D eigenvalue weighted by Gasteiger charge is 2.63. The molecule has 6 rings (SSSR count). The summed E-state index contributed by atoms with van der Waals surface area (Å²) in [5.74, 6) is 2.69. The molecule has 3 aromatic carbocycles. The van der Waals surface area contributed by atoms with E-state index in [-0.39, 0.29) is 42.1 Å². The van der Waals surface area contributed by atoms with E-state index in [9.17, 15) is 10.2 Å². The molecule has 1 fully saturated rings. The first-order chi connectivity index (χ1) is 25.1. The molecule has 2 aliphatic carbocycles. The number of fused-ring (bicyclic) bond motifs is 2. The van der Waals surface area contributed by atoms with E-state index < -0.39 is 5.79 Å². The summed E-state index contributed by atoms with van der Waals surface area (Å²) in [4.78, 5) is 5.78. The molecule has 3 aliphatic rings. The molecule has 0 bridgehead atoms. The molecule has 0 radical (unpaired) electrons. The van der Waals surface area contributed by atoms with Gasteiger partial charge in [-0.25, -0.2) is 0 Å². The number of allylic oxidation sites excluding steroid dienone is 1. The van der Waals surface area contributed by atoms with E-state index in [0.717, 1.165) is 83.9 Å². The Labute approximate surface area is 307 Å². The van der Waals surface area contributed by atoms with E-state index in [0.29, 0.717) is 19.6 Å². The van der Waals surface area contributed by atoms with Crippen LogP contribution in [0.4, 0.5) is 0 Å². The molecule has 2 N–H and O–H groups in total. The third-order valence-electron chi connectivity index (χ3n) is 10.5. The maximum Gasteiger partial charge on any atom is 0.230 e. The van der Waals surface area contributed by atoms with Gasteiger partial charge in [0, 0.05) is 31.1 Å². The molecule has 1 heterocycles. The predicted molar refractivity (Wildman–Crippen MR) is 207 cm³/mol. The van der Waals surface area contributed by atoms with Crippen LogP contribution in [-0.2, 0) is 9.57 Å². The second kappa shape index (κ2) is 17.8. The van der Waals surface area contributed by atoms with Gasteiger partial charge in [-0.1, -0.05) is 79.5 Å². The van der Waals surface area contributed by atoms with Crippen LogP contribution >= 0.6 is 11.8 Å². The average Bonchev–Trinajstić information content (AvgIpc) is 3.16. The van der Waals surface area contributed by atoms with Crippen LogP contribution in [0.3, 0.4) is 0 Å². The molecule has 0 saturated heterocycles. The van der Waals surface area contributed by atoms with Crippen LogP contribution in [-0.4, -0.2) is 59.1 Å². The molecule has 6 unspecified atom stereocenters. The Morgan fingerprint density at radius 3 is 2.35 bits per heavy atom. The zero-order chi connectivity index (χ0) is 35.6. The van der Waals surface area contributed by atoms with E-state index in [4.69, 9.17) is 24.2 Å². The standard InChI is InChI=1S/C43H53NO6S/c1-4-26-47-43-40(51-6-3)29-38(44-48-5-2)36-27-32(16-10-12-24-45)35(17-11-13-25-46)41(42(36)43)37-28-34(22-23-39(37)50-43)49-33-20-18-31(19-21-33)30-14-8-7-9-15-30/h4,7-9,14-15,18-23,27-28,32,35,40-42,45-46H,1,5-6,10-13,16-17,24-26,29H2,2-3H3. The molecule has 6 atom stereocenters. The SMILES string of the molecule is C=CCOC12Oc3ccc(Oc4ccc(-c5ccccc5)cc4)cc3C3C(CCCCO)C(CCCCO)C=C(C(=NOCC)CC1SCC)C32. The summed E-state index contributed by atoms with van der Waals surface area (Å²) >= 11 is 1.85. The number of aliphatic hydroxyl groups is 2. The van der Waals surface area contributed by atoms with Crippen LogP contribution in [0.25, 0.3) is 11.1 Å². The van der Waals surface area contributed by atoms with Gasteiger partial charge in [-0.2, -0.15) is 11.8 Å². The number of rotatable bonds is 18. The molecule has 0 aromatic heterocycles. The molecule has 8 heteroatoms. The number of thioether (sulfide) groups is 1. The number of hydrogen-bond acceptors (Lipinski definition) is 8. The molecule has 3 aromatic rings. The highest BCUT2D eigenvalue weighted by molar-refractivity contribution is 8.00. The molecule has 272 valence electrons.